The fraction of sp³-hybridized carbons (Fsp3) is 0.571. The SMILES string of the molecule is CC1CN(C)CCCN1S(=O)(=O)c1ccc(CCl)cc1F. The number of halogens is 2. The van der Waals surface area contributed by atoms with E-state index in [4.69, 9.17) is 11.6 Å². The second kappa shape index (κ2) is 6.60. The lowest BCUT2D eigenvalue weighted by molar-refractivity contribution is 0.290. The number of likely N-dealkylation sites (N-methyl/N-ethyl adjacent to an activating group) is 1. The molecule has 0 radical (unpaired) electrons. The normalized spacial score (nSPS) is 22.2. The van der Waals surface area contributed by atoms with Gasteiger partial charge < -0.3 is 4.90 Å². The summed E-state index contributed by atoms with van der Waals surface area (Å²) >= 11 is 5.64. The van der Waals surface area contributed by atoms with E-state index < -0.39 is 15.8 Å². The Kier molecular flexibility index (Phi) is 5.24. The Labute approximate surface area is 130 Å². The van der Waals surface area contributed by atoms with Crippen molar-refractivity contribution in [3.8, 4) is 0 Å². The van der Waals surface area contributed by atoms with E-state index in [0.29, 0.717) is 18.7 Å². The van der Waals surface area contributed by atoms with Gasteiger partial charge in [0.1, 0.15) is 10.7 Å². The fourth-order valence-corrected chi connectivity index (χ4v) is 4.54. The molecule has 0 bridgehead atoms. The maximum absolute atomic E-state index is 14.1. The van der Waals surface area contributed by atoms with E-state index in [1.54, 1.807) is 6.07 Å². The fourth-order valence-electron chi connectivity index (χ4n) is 2.67. The van der Waals surface area contributed by atoms with Crippen LogP contribution in [0.25, 0.3) is 0 Å². The highest BCUT2D eigenvalue weighted by Gasteiger charge is 2.33. The molecule has 1 aliphatic rings. The Balaban J connectivity index is 2.37. The first kappa shape index (κ1) is 16.7. The molecule has 0 N–H and O–H groups in total. The number of sulfonamides is 1. The number of hydrogen-bond acceptors (Lipinski definition) is 3. The van der Waals surface area contributed by atoms with Gasteiger partial charge in [-0.25, -0.2) is 12.8 Å². The lowest BCUT2D eigenvalue weighted by Gasteiger charge is -2.27. The van der Waals surface area contributed by atoms with E-state index in [-0.39, 0.29) is 16.8 Å². The predicted octanol–water partition coefficient (Wildman–Crippen LogP) is 2.28. The molecule has 1 aromatic carbocycles. The summed E-state index contributed by atoms with van der Waals surface area (Å²) in [6.07, 6.45) is 0.738. The van der Waals surface area contributed by atoms with Crippen LogP contribution in [0.1, 0.15) is 18.9 Å². The molecule has 1 unspecified atom stereocenters. The topological polar surface area (TPSA) is 40.6 Å². The van der Waals surface area contributed by atoms with E-state index in [1.165, 1.54) is 16.4 Å². The second-order valence-corrected chi connectivity index (χ2v) is 7.61. The van der Waals surface area contributed by atoms with Crippen LogP contribution < -0.4 is 0 Å². The zero-order valence-corrected chi connectivity index (χ0v) is 13.8. The van der Waals surface area contributed by atoms with Crippen LogP contribution in [0.15, 0.2) is 23.1 Å². The van der Waals surface area contributed by atoms with E-state index in [0.717, 1.165) is 13.0 Å². The van der Waals surface area contributed by atoms with Gasteiger partial charge in [0.2, 0.25) is 10.0 Å². The van der Waals surface area contributed by atoms with Gasteiger partial charge >= 0.3 is 0 Å². The van der Waals surface area contributed by atoms with Crippen molar-refractivity contribution >= 4 is 21.6 Å². The Bertz CT molecular complexity index is 609. The molecule has 7 heteroatoms. The van der Waals surface area contributed by atoms with Gasteiger partial charge in [-0.2, -0.15) is 4.31 Å². The van der Waals surface area contributed by atoms with Gasteiger partial charge in [-0.05, 0) is 44.6 Å². The van der Waals surface area contributed by atoms with E-state index in [9.17, 15) is 12.8 Å². The average Bonchev–Trinajstić information content (AvgIpc) is 2.59. The minimum Gasteiger partial charge on any atom is -0.305 e. The Morgan fingerprint density at radius 3 is 2.71 bits per heavy atom. The Hall–Kier alpha value is -0.690. The van der Waals surface area contributed by atoms with Gasteiger partial charge in [0, 0.05) is 25.0 Å². The summed E-state index contributed by atoms with van der Waals surface area (Å²) < 4.78 is 40.9. The third-order valence-corrected chi connectivity index (χ3v) is 6.08. The van der Waals surface area contributed by atoms with Gasteiger partial charge in [-0.15, -0.1) is 11.6 Å². The quantitative estimate of drug-likeness (QED) is 0.796. The summed E-state index contributed by atoms with van der Waals surface area (Å²) in [6, 6.07) is 3.87. The first-order valence-electron chi connectivity index (χ1n) is 6.91. The largest absolute Gasteiger partial charge is 0.305 e. The predicted molar refractivity (Wildman–Crippen MR) is 81.4 cm³/mol. The molecule has 1 fully saturated rings. The average molecular weight is 335 g/mol. The summed E-state index contributed by atoms with van der Waals surface area (Å²) in [7, 11) is -1.86. The summed E-state index contributed by atoms with van der Waals surface area (Å²) in [6.45, 7) is 3.74. The zero-order valence-electron chi connectivity index (χ0n) is 12.2. The highest BCUT2D eigenvalue weighted by molar-refractivity contribution is 7.89. The van der Waals surface area contributed by atoms with Crippen LogP contribution in [0.2, 0.25) is 0 Å². The Morgan fingerprint density at radius 1 is 1.38 bits per heavy atom. The molecule has 0 saturated carbocycles. The molecule has 1 atom stereocenters. The molecule has 0 amide bonds. The van der Waals surface area contributed by atoms with Gasteiger partial charge in [0.05, 0.1) is 0 Å². The molecule has 118 valence electrons. The van der Waals surface area contributed by atoms with Crippen molar-refractivity contribution in [1.82, 2.24) is 9.21 Å². The van der Waals surface area contributed by atoms with Crippen molar-refractivity contribution in [2.75, 3.05) is 26.7 Å². The second-order valence-electron chi connectivity index (χ2n) is 5.48. The zero-order chi connectivity index (χ0) is 15.6. The van der Waals surface area contributed by atoms with Crippen LogP contribution in [0, 0.1) is 5.82 Å². The molecular weight excluding hydrogens is 315 g/mol. The van der Waals surface area contributed by atoms with Crippen LogP contribution in [0.5, 0.6) is 0 Å². The highest BCUT2D eigenvalue weighted by atomic mass is 35.5. The number of nitrogens with zero attached hydrogens (tertiary/aromatic N) is 2. The standard InChI is InChI=1S/C14H20ClFN2O2S/c1-11-10-17(2)6-3-7-18(11)21(19,20)14-5-4-12(9-15)8-13(14)16/h4-5,8,11H,3,6-7,9-10H2,1-2H3. The molecule has 0 aromatic heterocycles. The van der Waals surface area contributed by atoms with Gasteiger partial charge in [-0.3, -0.25) is 0 Å². The number of rotatable bonds is 3. The summed E-state index contributed by atoms with van der Waals surface area (Å²) in [5, 5.41) is 0. The van der Waals surface area contributed by atoms with Crippen LogP contribution >= 0.6 is 11.6 Å². The van der Waals surface area contributed by atoms with Crippen molar-refractivity contribution in [3.05, 3.63) is 29.6 Å². The van der Waals surface area contributed by atoms with Crippen molar-refractivity contribution in [3.63, 3.8) is 0 Å². The van der Waals surface area contributed by atoms with Gasteiger partial charge in [-0.1, -0.05) is 6.07 Å². The molecule has 0 aliphatic carbocycles. The summed E-state index contributed by atoms with van der Waals surface area (Å²) in [4.78, 5) is 1.82. The molecule has 1 aliphatic heterocycles. The third-order valence-electron chi connectivity index (χ3n) is 3.72. The molecule has 0 spiro atoms. The first-order valence-corrected chi connectivity index (χ1v) is 8.88. The van der Waals surface area contributed by atoms with Crippen molar-refractivity contribution in [2.45, 2.75) is 30.2 Å². The highest BCUT2D eigenvalue weighted by Crippen LogP contribution is 2.24. The Morgan fingerprint density at radius 2 is 2.10 bits per heavy atom. The lowest BCUT2D eigenvalue weighted by atomic mass is 10.2. The molecule has 4 nitrogen and oxygen atoms in total. The van der Waals surface area contributed by atoms with E-state index in [2.05, 4.69) is 4.90 Å². The minimum absolute atomic E-state index is 0.155. The van der Waals surface area contributed by atoms with Crippen molar-refractivity contribution in [2.24, 2.45) is 0 Å². The number of benzene rings is 1. The smallest absolute Gasteiger partial charge is 0.246 e. The maximum atomic E-state index is 14.1. The van der Waals surface area contributed by atoms with E-state index in [1.807, 2.05) is 14.0 Å². The monoisotopic (exact) mass is 334 g/mol. The lowest BCUT2D eigenvalue weighted by Crippen LogP contribution is -2.42. The molecule has 2 rings (SSSR count). The number of hydrogen-bond donors (Lipinski definition) is 0. The van der Waals surface area contributed by atoms with Crippen LogP contribution in [-0.4, -0.2) is 50.3 Å². The molecule has 1 heterocycles. The first-order chi connectivity index (χ1) is 9.86. The molecule has 21 heavy (non-hydrogen) atoms. The van der Waals surface area contributed by atoms with Crippen molar-refractivity contribution in [1.29, 1.82) is 0 Å². The summed E-state index contributed by atoms with van der Waals surface area (Å²) in [5.74, 6) is -0.583. The van der Waals surface area contributed by atoms with Crippen LogP contribution in [-0.2, 0) is 15.9 Å². The third kappa shape index (κ3) is 3.56. The summed E-state index contributed by atoms with van der Waals surface area (Å²) in [5.41, 5.74) is 0.566. The van der Waals surface area contributed by atoms with E-state index >= 15 is 0 Å². The maximum Gasteiger partial charge on any atom is 0.246 e. The molecule has 1 saturated heterocycles. The molecular formula is C14H20ClFN2O2S. The van der Waals surface area contributed by atoms with Gasteiger partial charge in [0.15, 0.2) is 0 Å². The minimum atomic E-state index is -3.83. The van der Waals surface area contributed by atoms with Crippen LogP contribution in [0.3, 0.4) is 0 Å². The number of alkyl halides is 1. The van der Waals surface area contributed by atoms with Gasteiger partial charge in [0.25, 0.3) is 0 Å². The molecule has 1 aromatic rings. The van der Waals surface area contributed by atoms with Crippen LogP contribution in [0.4, 0.5) is 4.39 Å². The van der Waals surface area contributed by atoms with Crippen molar-refractivity contribution < 1.29 is 12.8 Å².